The molecule has 0 aliphatic carbocycles. The van der Waals surface area contributed by atoms with Crippen LogP contribution in [0.1, 0.15) is 32.6 Å². The second-order valence-corrected chi connectivity index (χ2v) is 6.06. The van der Waals surface area contributed by atoms with Crippen molar-refractivity contribution in [1.82, 2.24) is 15.1 Å². The van der Waals surface area contributed by atoms with Crippen molar-refractivity contribution in [3.05, 3.63) is 0 Å². The Kier molecular flexibility index (Phi) is 4.69. The highest BCUT2D eigenvalue weighted by Gasteiger charge is 2.38. The number of likely N-dealkylation sites (N-methyl/N-ethyl adjacent to an activating group) is 1. The Labute approximate surface area is 124 Å². The third-order valence-electron chi connectivity index (χ3n) is 4.40. The van der Waals surface area contributed by atoms with Gasteiger partial charge in [0.25, 0.3) is 0 Å². The molecule has 2 aliphatic heterocycles. The van der Waals surface area contributed by atoms with Crippen LogP contribution in [0.15, 0.2) is 0 Å². The van der Waals surface area contributed by atoms with Crippen LogP contribution in [-0.4, -0.2) is 65.0 Å². The zero-order valence-corrected chi connectivity index (χ0v) is 12.5. The smallest absolute Gasteiger partial charge is 0.326 e. The predicted octanol–water partition coefficient (Wildman–Crippen LogP) is 0.502. The molecule has 118 valence electrons. The van der Waals surface area contributed by atoms with Crippen molar-refractivity contribution in [1.29, 1.82) is 0 Å². The standard InChI is InChI=1S/C14H23N3O4/c1-9-4-3-7-17(12(9)13(19)20)14(21)15-10-5-6-11(18)16(2)8-10/h9-10,12H,3-8H2,1-2H3,(H,15,21)(H,19,20). The number of piperidine rings is 2. The van der Waals surface area contributed by atoms with E-state index in [1.165, 1.54) is 4.90 Å². The third-order valence-corrected chi connectivity index (χ3v) is 4.40. The van der Waals surface area contributed by atoms with Gasteiger partial charge in [-0.2, -0.15) is 0 Å². The molecule has 0 bridgehead atoms. The Morgan fingerprint density at radius 3 is 2.67 bits per heavy atom. The van der Waals surface area contributed by atoms with Crippen LogP contribution in [0.25, 0.3) is 0 Å². The summed E-state index contributed by atoms with van der Waals surface area (Å²) in [5, 5.41) is 12.2. The van der Waals surface area contributed by atoms with Crippen LogP contribution in [-0.2, 0) is 9.59 Å². The van der Waals surface area contributed by atoms with Crippen LogP contribution in [0.3, 0.4) is 0 Å². The van der Waals surface area contributed by atoms with Crippen molar-refractivity contribution in [3.8, 4) is 0 Å². The lowest BCUT2D eigenvalue weighted by molar-refractivity contribution is -0.145. The zero-order valence-electron chi connectivity index (χ0n) is 12.5. The Bertz CT molecular complexity index is 440. The van der Waals surface area contributed by atoms with E-state index in [-0.39, 0.29) is 23.9 Å². The number of hydrogen-bond donors (Lipinski definition) is 2. The molecule has 0 radical (unpaired) electrons. The summed E-state index contributed by atoms with van der Waals surface area (Å²) >= 11 is 0. The Morgan fingerprint density at radius 1 is 1.33 bits per heavy atom. The molecule has 0 spiro atoms. The molecule has 3 unspecified atom stereocenters. The van der Waals surface area contributed by atoms with Crippen LogP contribution in [0.5, 0.6) is 0 Å². The van der Waals surface area contributed by atoms with E-state index in [2.05, 4.69) is 5.32 Å². The molecule has 2 N–H and O–H groups in total. The lowest BCUT2D eigenvalue weighted by Crippen LogP contribution is -2.58. The quantitative estimate of drug-likeness (QED) is 0.776. The number of carboxylic acid groups (broad SMARTS) is 1. The number of nitrogens with one attached hydrogen (secondary N) is 1. The van der Waals surface area contributed by atoms with Crippen molar-refractivity contribution in [2.75, 3.05) is 20.1 Å². The van der Waals surface area contributed by atoms with Crippen LogP contribution in [0.4, 0.5) is 4.79 Å². The van der Waals surface area contributed by atoms with Crippen molar-refractivity contribution in [2.45, 2.75) is 44.7 Å². The molecule has 0 aromatic rings. The van der Waals surface area contributed by atoms with Gasteiger partial charge in [0.15, 0.2) is 0 Å². The average molecular weight is 297 g/mol. The predicted molar refractivity (Wildman–Crippen MR) is 75.7 cm³/mol. The molecule has 3 atom stereocenters. The summed E-state index contributed by atoms with van der Waals surface area (Å²) < 4.78 is 0. The van der Waals surface area contributed by atoms with Crippen LogP contribution in [0, 0.1) is 5.92 Å². The fourth-order valence-electron chi connectivity index (χ4n) is 3.18. The molecule has 0 saturated carbocycles. The summed E-state index contributed by atoms with van der Waals surface area (Å²) in [6, 6.07) is -1.20. The molecule has 7 nitrogen and oxygen atoms in total. The Morgan fingerprint density at radius 2 is 2.05 bits per heavy atom. The second kappa shape index (κ2) is 6.32. The van der Waals surface area contributed by atoms with Crippen molar-refractivity contribution < 1.29 is 19.5 Å². The van der Waals surface area contributed by atoms with Gasteiger partial charge in [0.05, 0.1) is 0 Å². The van der Waals surface area contributed by atoms with Gasteiger partial charge in [0.1, 0.15) is 6.04 Å². The van der Waals surface area contributed by atoms with E-state index in [1.807, 2.05) is 6.92 Å². The van der Waals surface area contributed by atoms with Gasteiger partial charge in [-0.25, -0.2) is 9.59 Å². The molecule has 2 saturated heterocycles. The van der Waals surface area contributed by atoms with Gasteiger partial charge < -0.3 is 20.2 Å². The number of rotatable bonds is 2. The first kappa shape index (κ1) is 15.6. The highest BCUT2D eigenvalue weighted by Crippen LogP contribution is 2.24. The molecule has 7 heteroatoms. The van der Waals surface area contributed by atoms with Crippen molar-refractivity contribution >= 4 is 17.9 Å². The normalized spacial score (nSPS) is 30.2. The molecule has 0 aromatic carbocycles. The molecular formula is C14H23N3O4. The highest BCUT2D eigenvalue weighted by molar-refractivity contribution is 5.83. The van der Waals surface area contributed by atoms with Gasteiger partial charge in [0, 0.05) is 32.6 Å². The largest absolute Gasteiger partial charge is 0.480 e. The molecule has 0 aromatic heterocycles. The summed E-state index contributed by atoms with van der Waals surface area (Å²) in [6.45, 7) is 2.81. The van der Waals surface area contributed by atoms with E-state index >= 15 is 0 Å². The van der Waals surface area contributed by atoms with E-state index in [1.54, 1.807) is 11.9 Å². The van der Waals surface area contributed by atoms with Crippen molar-refractivity contribution in [2.24, 2.45) is 5.92 Å². The van der Waals surface area contributed by atoms with Gasteiger partial charge >= 0.3 is 12.0 Å². The minimum Gasteiger partial charge on any atom is -0.480 e. The maximum atomic E-state index is 12.4. The zero-order chi connectivity index (χ0) is 15.6. The molecule has 21 heavy (non-hydrogen) atoms. The Hall–Kier alpha value is -1.79. The number of carbonyl (C=O) groups is 3. The average Bonchev–Trinajstić information content (AvgIpc) is 2.42. The summed E-state index contributed by atoms with van der Waals surface area (Å²) in [4.78, 5) is 38.2. The second-order valence-electron chi connectivity index (χ2n) is 6.06. The van der Waals surface area contributed by atoms with E-state index in [9.17, 15) is 19.5 Å². The fraction of sp³-hybridized carbons (Fsp3) is 0.786. The van der Waals surface area contributed by atoms with Crippen LogP contribution < -0.4 is 5.32 Å². The number of urea groups is 1. The maximum Gasteiger partial charge on any atom is 0.326 e. The lowest BCUT2D eigenvalue weighted by Gasteiger charge is -2.39. The first-order valence-electron chi connectivity index (χ1n) is 7.44. The van der Waals surface area contributed by atoms with Crippen LogP contribution >= 0.6 is 0 Å². The maximum absolute atomic E-state index is 12.4. The number of aliphatic carboxylic acids is 1. The molecule has 2 rings (SSSR count). The SMILES string of the molecule is CC1CCCN(C(=O)NC2CCC(=O)N(C)C2)C1C(=O)O. The summed E-state index contributed by atoms with van der Waals surface area (Å²) in [7, 11) is 1.71. The number of carbonyl (C=O) groups excluding carboxylic acids is 2. The van der Waals surface area contributed by atoms with E-state index < -0.39 is 12.0 Å². The Balaban J connectivity index is 1.98. The van der Waals surface area contributed by atoms with Crippen molar-refractivity contribution in [3.63, 3.8) is 0 Å². The number of likely N-dealkylation sites (tertiary alicyclic amines) is 2. The fourth-order valence-corrected chi connectivity index (χ4v) is 3.18. The number of carboxylic acids is 1. The molecule has 2 heterocycles. The van der Waals surface area contributed by atoms with Crippen LogP contribution in [0.2, 0.25) is 0 Å². The van der Waals surface area contributed by atoms with Gasteiger partial charge in [-0.3, -0.25) is 4.79 Å². The van der Waals surface area contributed by atoms with Gasteiger partial charge in [0.2, 0.25) is 5.91 Å². The minimum atomic E-state index is -0.951. The number of hydrogen-bond acceptors (Lipinski definition) is 3. The molecule has 3 amide bonds. The number of nitrogens with zero attached hydrogens (tertiary/aromatic N) is 2. The first-order valence-corrected chi connectivity index (χ1v) is 7.44. The molecular weight excluding hydrogens is 274 g/mol. The minimum absolute atomic E-state index is 0.0439. The van der Waals surface area contributed by atoms with E-state index in [0.29, 0.717) is 25.9 Å². The van der Waals surface area contributed by atoms with E-state index in [0.717, 1.165) is 12.8 Å². The third kappa shape index (κ3) is 3.46. The molecule has 2 aliphatic rings. The number of amides is 3. The van der Waals surface area contributed by atoms with Gasteiger partial charge in [-0.15, -0.1) is 0 Å². The summed E-state index contributed by atoms with van der Waals surface area (Å²) in [5.41, 5.74) is 0. The first-order chi connectivity index (χ1) is 9.90. The molecule has 2 fully saturated rings. The monoisotopic (exact) mass is 297 g/mol. The topological polar surface area (TPSA) is 90.0 Å². The lowest BCUT2D eigenvalue weighted by atomic mass is 9.91. The highest BCUT2D eigenvalue weighted by atomic mass is 16.4. The van der Waals surface area contributed by atoms with Gasteiger partial charge in [-0.1, -0.05) is 6.92 Å². The summed E-state index contributed by atoms with van der Waals surface area (Å²) in [5.74, 6) is -0.915. The van der Waals surface area contributed by atoms with Gasteiger partial charge in [-0.05, 0) is 25.2 Å². The summed E-state index contributed by atoms with van der Waals surface area (Å²) in [6.07, 6.45) is 2.67. The van der Waals surface area contributed by atoms with E-state index in [4.69, 9.17) is 0 Å².